The summed E-state index contributed by atoms with van der Waals surface area (Å²) in [4.78, 5) is 80.8. The molecule has 272 valence electrons. The topological polar surface area (TPSA) is 136 Å². The highest BCUT2D eigenvalue weighted by molar-refractivity contribution is 6.44. The van der Waals surface area contributed by atoms with Gasteiger partial charge < -0.3 is 9.13 Å². The van der Waals surface area contributed by atoms with E-state index in [9.17, 15) is 0 Å². The molecule has 12 heteroatoms. The van der Waals surface area contributed by atoms with Crippen molar-refractivity contribution in [1.82, 2.24) is 29.1 Å². The number of imide groups is 2. The van der Waals surface area contributed by atoms with Crippen molar-refractivity contribution in [3.63, 3.8) is 0 Å². The molecule has 12 rings (SSSR count). The standard InChI is InChI=1S/C46H24N8O4/c55-43-27-19-38(54-35-13-17-49-23-31(35)32-24-50-18-14-36(32)54)42-40-28(44(56)52(46(42)58)26-9-5-2-6-10-26)20-37(41(39(27)40)45(57)51(43)25-7-3-1-4-8-25)53-33-11-15-47-21-29(33)30-22-48-16-12-34(30)53/h1-24H. The maximum Gasteiger partial charge on any atom is 0.268 e. The number of benzene rings is 4. The van der Waals surface area contributed by atoms with Gasteiger partial charge in [-0.3, -0.25) is 39.1 Å². The van der Waals surface area contributed by atoms with Gasteiger partial charge in [0.1, 0.15) is 0 Å². The van der Waals surface area contributed by atoms with Gasteiger partial charge in [-0.25, -0.2) is 9.80 Å². The average molecular weight is 753 g/mol. The number of carbonyl (C=O) groups excluding carboxylic acids is 4. The summed E-state index contributed by atoms with van der Waals surface area (Å²) in [5.41, 5.74) is 4.96. The number of amides is 4. The van der Waals surface area contributed by atoms with Crippen LogP contribution in [0.2, 0.25) is 0 Å². The number of hydrogen-bond donors (Lipinski definition) is 0. The van der Waals surface area contributed by atoms with Gasteiger partial charge in [-0.1, -0.05) is 36.4 Å². The van der Waals surface area contributed by atoms with Gasteiger partial charge in [0.25, 0.3) is 23.6 Å². The Kier molecular flexibility index (Phi) is 6.37. The van der Waals surface area contributed by atoms with Crippen LogP contribution in [0.5, 0.6) is 0 Å². The normalized spacial score (nSPS) is 13.9. The molecule has 12 nitrogen and oxygen atoms in total. The van der Waals surface area contributed by atoms with Crippen LogP contribution in [0.15, 0.2) is 147 Å². The van der Waals surface area contributed by atoms with Crippen LogP contribution < -0.4 is 9.80 Å². The zero-order chi connectivity index (χ0) is 38.8. The van der Waals surface area contributed by atoms with Crippen LogP contribution in [-0.4, -0.2) is 52.7 Å². The molecule has 0 fully saturated rings. The first-order valence-corrected chi connectivity index (χ1v) is 18.4. The fourth-order valence-corrected chi connectivity index (χ4v) is 8.94. The smallest absolute Gasteiger partial charge is 0.268 e. The van der Waals surface area contributed by atoms with Crippen molar-refractivity contribution in [2.45, 2.75) is 0 Å². The Morgan fingerprint density at radius 1 is 0.379 bits per heavy atom. The summed E-state index contributed by atoms with van der Waals surface area (Å²) < 4.78 is 3.83. The molecular weight excluding hydrogens is 729 g/mol. The SMILES string of the molecule is O=C1c2cc(-n3c4ccncc4c4cnccc43)c3c4c(cc(-n5c6ccncc6c6cnccc65)c(c24)C(=O)N1c1ccccc1)C(=O)N(c1ccccc1)C3=O. The molecule has 0 spiro atoms. The summed E-state index contributed by atoms with van der Waals surface area (Å²) in [5, 5.41) is 3.58. The van der Waals surface area contributed by atoms with Crippen molar-refractivity contribution >= 4 is 89.4 Å². The fraction of sp³-hybridized carbons (Fsp3) is 0. The minimum atomic E-state index is -0.596. The summed E-state index contributed by atoms with van der Waals surface area (Å²) in [5.74, 6) is -2.38. The number of hydrogen-bond acceptors (Lipinski definition) is 8. The van der Waals surface area contributed by atoms with Crippen LogP contribution in [-0.2, 0) is 0 Å². The Hall–Kier alpha value is -8.38. The largest absolute Gasteiger partial charge is 0.308 e. The van der Waals surface area contributed by atoms with Gasteiger partial charge in [-0.2, -0.15) is 0 Å². The van der Waals surface area contributed by atoms with Gasteiger partial charge in [0.15, 0.2) is 0 Å². The monoisotopic (exact) mass is 752 g/mol. The Labute approximate surface area is 326 Å². The molecule has 0 N–H and O–H groups in total. The minimum Gasteiger partial charge on any atom is -0.308 e. The molecule has 8 heterocycles. The maximum atomic E-state index is 15.3. The van der Waals surface area contributed by atoms with Crippen LogP contribution in [0.1, 0.15) is 41.4 Å². The van der Waals surface area contributed by atoms with E-state index < -0.39 is 23.6 Å². The lowest BCUT2D eigenvalue weighted by Crippen LogP contribution is -2.44. The molecule has 4 aromatic carbocycles. The van der Waals surface area contributed by atoms with E-state index in [1.807, 2.05) is 45.5 Å². The van der Waals surface area contributed by atoms with E-state index in [4.69, 9.17) is 0 Å². The molecule has 0 saturated carbocycles. The van der Waals surface area contributed by atoms with Gasteiger partial charge in [0.05, 0.1) is 67.1 Å². The summed E-state index contributed by atoms with van der Waals surface area (Å²) in [6.45, 7) is 0. The van der Waals surface area contributed by atoms with Crippen LogP contribution in [0, 0.1) is 0 Å². The van der Waals surface area contributed by atoms with Crippen molar-refractivity contribution in [2.24, 2.45) is 0 Å². The number of fused-ring (bicyclic) bond motifs is 6. The second-order valence-corrected chi connectivity index (χ2v) is 14.2. The van der Waals surface area contributed by atoms with Crippen molar-refractivity contribution < 1.29 is 19.2 Å². The van der Waals surface area contributed by atoms with E-state index in [0.29, 0.717) is 44.8 Å². The predicted octanol–water partition coefficient (Wildman–Crippen LogP) is 8.22. The first-order valence-electron chi connectivity index (χ1n) is 18.4. The number of rotatable bonds is 4. The molecule has 0 bridgehead atoms. The lowest BCUT2D eigenvalue weighted by Gasteiger charge is -2.34. The molecular formula is C46H24N8O4. The number of nitrogens with zero attached hydrogens (tertiary/aromatic N) is 8. The molecule has 0 aliphatic carbocycles. The zero-order valence-corrected chi connectivity index (χ0v) is 30.1. The van der Waals surface area contributed by atoms with Gasteiger partial charge >= 0.3 is 0 Å². The summed E-state index contributed by atoms with van der Waals surface area (Å²) in [6, 6.07) is 28.3. The van der Waals surface area contributed by atoms with Gasteiger partial charge in [-0.05, 0) is 60.7 Å². The average Bonchev–Trinajstić information content (AvgIpc) is 3.78. The summed E-state index contributed by atoms with van der Waals surface area (Å²) >= 11 is 0. The third-order valence-corrected chi connectivity index (χ3v) is 11.3. The molecule has 0 radical (unpaired) electrons. The van der Waals surface area contributed by atoms with E-state index in [1.165, 1.54) is 9.80 Å². The number of para-hydroxylation sites is 2. The Balaban J connectivity index is 1.31. The third kappa shape index (κ3) is 4.06. The van der Waals surface area contributed by atoms with Crippen LogP contribution in [0.4, 0.5) is 11.4 Å². The lowest BCUT2D eigenvalue weighted by atomic mass is 9.83. The molecule has 6 aromatic heterocycles. The van der Waals surface area contributed by atoms with Crippen molar-refractivity contribution in [2.75, 3.05) is 9.80 Å². The highest BCUT2D eigenvalue weighted by Crippen LogP contribution is 2.47. The molecule has 0 unspecified atom stereocenters. The molecule has 4 amide bonds. The maximum absolute atomic E-state index is 15.3. The quantitative estimate of drug-likeness (QED) is 0.164. The predicted molar refractivity (Wildman–Crippen MR) is 219 cm³/mol. The summed E-state index contributed by atoms with van der Waals surface area (Å²) in [6.07, 6.45) is 13.6. The third-order valence-electron chi connectivity index (χ3n) is 11.3. The molecule has 58 heavy (non-hydrogen) atoms. The van der Waals surface area contributed by atoms with Gasteiger partial charge in [0, 0.05) is 81.9 Å². The van der Waals surface area contributed by atoms with Crippen molar-refractivity contribution in [3.05, 3.63) is 169 Å². The Morgan fingerprint density at radius 2 is 0.707 bits per heavy atom. The van der Waals surface area contributed by atoms with Gasteiger partial charge in [-0.15, -0.1) is 0 Å². The molecule has 2 aliphatic heterocycles. The van der Waals surface area contributed by atoms with E-state index in [0.717, 1.165) is 21.5 Å². The Morgan fingerprint density at radius 3 is 1.03 bits per heavy atom. The van der Waals surface area contributed by atoms with Crippen LogP contribution in [0.3, 0.4) is 0 Å². The van der Waals surface area contributed by atoms with E-state index in [1.54, 1.807) is 110 Å². The highest BCUT2D eigenvalue weighted by Gasteiger charge is 2.45. The van der Waals surface area contributed by atoms with E-state index in [2.05, 4.69) is 19.9 Å². The van der Waals surface area contributed by atoms with Crippen molar-refractivity contribution in [3.8, 4) is 11.4 Å². The molecule has 0 atom stereocenters. The molecule has 10 aromatic rings. The highest BCUT2D eigenvalue weighted by atomic mass is 16.2. The van der Waals surface area contributed by atoms with E-state index in [-0.39, 0.29) is 33.0 Å². The Bertz CT molecular complexity index is 3160. The first kappa shape index (κ1) is 31.9. The van der Waals surface area contributed by atoms with Crippen molar-refractivity contribution in [1.29, 1.82) is 0 Å². The second kappa shape index (κ2) is 11.6. The number of aromatic nitrogens is 6. The lowest BCUT2D eigenvalue weighted by molar-refractivity contribution is 0.0873. The van der Waals surface area contributed by atoms with Crippen LogP contribution in [0.25, 0.3) is 65.8 Å². The second-order valence-electron chi connectivity index (χ2n) is 14.2. The molecule has 0 saturated heterocycles. The van der Waals surface area contributed by atoms with Gasteiger partial charge in [0.2, 0.25) is 0 Å². The number of pyridine rings is 4. The number of carbonyl (C=O) groups is 4. The fourth-order valence-electron chi connectivity index (χ4n) is 8.94. The minimum absolute atomic E-state index is 0.159. The van der Waals surface area contributed by atoms with Crippen LogP contribution >= 0.6 is 0 Å². The number of anilines is 2. The molecule has 2 aliphatic rings. The van der Waals surface area contributed by atoms with E-state index >= 15 is 19.2 Å². The summed E-state index contributed by atoms with van der Waals surface area (Å²) in [7, 11) is 0. The first-order chi connectivity index (χ1) is 28.5. The zero-order valence-electron chi connectivity index (χ0n) is 30.1.